The van der Waals surface area contributed by atoms with E-state index >= 15 is 0 Å². The van der Waals surface area contributed by atoms with E-state index in [2.05, 4.69) is 4.74 Å². The Labute approximate surface area is 133 Å². The van der Waals surface area contributed by atoms with Crippen LogP contribution in [0.3, 0.4) is 0 Å². The van der Waals surface area contributed by atoms with E-state index in [-0.39, 0.29) is 5.76 Å². The molecule has 0 saturated carbocycles. The van der Waals surface area contributed by atoms with Crippen molar-refractivity contribution in [3.05, 3.63) is 34.5 Å². The molecule has 23 heavy (non-hydrogen) atoms. The van der Waals surface area contributed by atoms with Gasteiger partial charge in [0.25, 0.3) is 5.91 Å². The Balaban J connectivity index is 2.01. The second-order valence-electron chi connectivity index (χ2n) is 4.66. The summed E-state index contributed by atoms with van der Waals surface area (Å²) in [6.07, 6.45) is -4.53. The van der Waals surface area contributed by atoms with Crippen molar-refractivity contribution in [2.75, 3.05) is 13.2 Å². The minimum Gasteiger partial charge on any atom is -0.450 e. The molecule has 1 amide bonds. The normalized spacial score (nSPS) is 11.5. The Hall–Kier alpha value is -2.22. The molecule has 124 valence electrons. The van der Waals surface area contributed by atoms with Crippen molar-refractivity contribution in [2.45, 2.75) is 13.1 Å². The SMILES string of the molecule is Cc1c(C(=O)OCC(=O)NCC(F)(F)F)oc2ccc(Cl)cc12. The number of hydrogen-bond donors (Lipinski definition) is 1. The summed E-state index contributed by atoms with van der Waals surface area (Å²) >= 11 is 5.85. The van der Waals surface area contributed by atoms with Gasteiger partial charge in [-0.3, -0.25) is 4.79 Å². The maximum Gasteiger partial charge on any atom is 0.405 e. The van der Waals surface area contributed by atoms with E-state index in [0.717, 1.165) is 0 Å². The lowest BCUT2D eigenvalue weighted by Crippen LogP contribution is -2.36. The summed E-state index contributed by atoms with van der Waals surface area (Å²) in [5.41, 5.74) is 0.864. The summed E-state index contributed by atoms with van der Waals surface area (Å²) in [4.78, 5) is 23.1. The summed E-state index contributed by atoms with van der Waals surface area (Å²) in [6.45, 7) is -0.736. The van der Waals surface area contributed by atoms with Gasteiger partial charge in [-0.2, -0.15) is 13.2 Å². The Morgan fingerprint density at radius 3 is 2.70 bits per heavy atom. The first kappa shape index (κ1) is 17.1. The predicted octanol–water partition coefficient (Wildman–Crippen LogP) is 3.23. The van der Waals surface area contributed by atoms with Crippen LogP contribution in [0.4, 0.5) is 13.2 Å². The van der Waals surface area contributed by atoms with Gasteiger partial charge in [-0.15, -0.1) is 0 Å². The molecule has 0 aliphatic heterocycles. The average Bonchev–Trinajstić information content (AvgIpc) is 2.79. The van der Waals surface area contributed by atoms with Crippen LogP contribution in [0.25, 0.3) is 11.0 Å². The third-order valence-electron chi connectivity index (χ3n) is 2.90. The zero-order valence-electron chi connectivity index (χ0n) is 11.8. The number of furan rings is 1. The van der Waals surface area contributed by atoms with Crippen molar-refractivity contribution >= 4 is 34.4 Å². The predicted molar refractivity (Wildman–Crippen MR) is 75.3 cm³/mol. The van der Waals surface area contributed by atoms with Gasteiger partial charge >= 0.3 is 12.1 Å². The Bertz CT molecular complexity index is 754. The van der Waals surface area contributed by atoms with Crippen LogP contribution in [0.1, 0.15) is 16.1 Å². The third kappa shape index (κ3) is 4.38. The zero-order chi connectivity index (χ0) is 17.2. The second-order valence-corrected chi connectivity index (χ2v) is 5.10. The number of halogens is 4. The molecule has 1 heterocycles. The number of alkyl halides is 3. The Kier molecular flexibility index (Phi) is 4.84. The monoisotopic (exact) mass is 349 g/mol. The minimum atomic E-state index is -4.53. The molecule has 0 fully saturated rings. The van der Waals surface area contributed by atoms with Crippen LogP contribution in [0.15, 0.2) is 22.6 Å². The minimum absolute atomic E-state index is 0.133. The van der Waals surface area contributed by atoms with Crippen molar-refractivity contribution in [3.8, 4) is 0 Å². The topological polar surface area (TPSA) is 68.5 Å². The molecule has 5 nitrogen and oxygen atoms in total. The molecule has 2 aromatic rings. The zero-order valence-corrected chi connectivity index (χ0v) is 12.5. The van der Waals surface area contributed by atoms with Gasteiger partial charge in [0, 0.05) is 16.0 Å². The summed E-state index contributed by atoms with van der Waals surface area (Å²) in [6, 6.07) is 4.74. The molecule has 0 atom stereocenters. The molecule has 0 aliphatic rings. The number of hydrogen-bond acceptors (Lipinski definition) is 4. The van der Waals surface area contributed by atoms with Crippen LogP contribution in [0, 0.1) is 6.92 Å². The third-order valence-corrected chi connectivity index (χ3v) is 3.14. The van der Waals surface area contributed by atoms with Crippen LogP contribution in [0.2, 0.25) is 5.02 Å². The van der Waals surface area contributed by atoms with Crippen molar-refractivity contribution in [1.82, 2.24) is 5.32 Å². The van der Waals surface area contributed by atoms with Gasteiger partial charge in [-0.05, 0) is 25.1 Å². The first-order valence-electron chi connectivity index (χ1n) is 6.36. The largest absolute Gasteiger partial charge is 0.450 e. The van der Waals surface area contributed by atoms with Gasteiger partial charge in [0.1, 0.15) is 12.1 Å². The molecule has 0 saturated heterocycles. The highest BCUT2D eigenvalue weighted by Gasteiger charge is 2.28. The summed E-state index contributed by atoms with van der Waals surface area (Å²) < 4.78 is 45.8. The molecule has 0 bridgehead atoms. The maximum atomic E-state index is 11.9. The first-order chi connectivity index (χ1) is 10.7. The van der Waals surface area contributed by atoms with E-state index in [4.69, 9.17) is 16.0 Å². The Morgan fingerprint density at radius 1 is 1.35 bits per heavy atom. The molecule has 2 rings (SSSR count). The molecule has 1 aromatic heterocycles. The molecule has 1 aromatic carbocycles. The lowest BCUT2D eigenvalue weighted by molar-refractivity contribution is -0.140. The number of aryl methyl sites for hydroxylation is 1. The average molecular weight is 350 g/mol. The molecule has 9 heteroatoms. The summed E-state index contributed by atoms with van der Waals surface area (Å²) in [7, 11) is 0. The number of fused-ring (bicyclic) bond motifs is 1. The molecule has 1 N–H and O–H groups in total. The number of ether oxygens (including phenoxy) is 1. The quantitative estimate of drug-likeness (QED) is 0.860. The number of carbonyl (C=O) groups is 2. The molecule has 0 unspecified atom stereocenters. The van der Waals surface area contributed by atoms with E-state index in [9.17, 15) is 22.8 Å². The van der Waals surface area contributed by atoms with Gasteiger partial charge in [0.15, 0.2) is 6.61 Å². The van der Waals surface area contributed by atoms with E-state index < -0.39 is 31.2 Å². The number of rotatable bonds is 4. The highest BCUT2D eigenvalue weighted by molar-refractivity contribution is 6.31. The van der Waals surface area contributed by atoms with Gasteiger partial charge in [-0.25, -0.2) is 4.79 Å². The summed E-state index contributed by atoms with van der Waals surface area (Å²) in [5.74, 6) is -2.14. The number of esters is 1. The van der Waals surface area contributed by atoms with Gasteiger partial charge in [-0.1, -0.05) is 11.6 Å². The fourth-order valence-electron chi connectivity index (χ4n) is 1.83. The van der Waals surface area contributed by atoms with Gasteiger partial charge in [0.05, 0.1) is 0 Å². The fourth-order valence-corrected chi connectivity index (χ4v) is 2.01. The van der Waals surface area contributed by atoms with Crippen LogP contribution >= 0.6 is 11.6 Å². The van der Waals surface area contributed by atoms with Crippen molar-refractivity contribution in [1.29, 1.82) is 0 Å². The van der Waals surface area contributed by atoms with E-state index in [1.165, 1.54) is 0 Å². The van der Waals surface area contributed by atoms with E-state index in [1.807, 2.05) is 0 Å². The number of benzene rings is 1. The molecular formula is C14H11ClF3NO4. The van der Waals surface area contributed by atoms with Crippen LogP contribution in [-0.2, 0) is 9.53 Å². The lowest BCUT2D eigenvalue weighted by atomic mass is 10.1. The number of carbonyl (C=O) groups excluding carboxylic acids is 2. The molecule has 0 aliphatic carbocycles. The van der Waals surface area contributed by atoms with Crippen molar-refractivity contribution < 1.29 is 31.9 Å². The molecule has 0 radical (unpaired) electrons. The highest BCUT2D eigenvalue weighted by atomic mass is 35.5. The van der Waals surface area contributed by atoms with Crippen LogP contribution in [-0.4, -0.2) is 31.2 Å². The van der Waals surface area contributed by atoms with E-state index in [1.54, 1.807) is 30.4 Å². The Morgan fingerprint density at radius 2 is 2.04 bits per heavy atom. The number of amides is 1. The van der Waals surface area contributed by atoms with E-state index in [0.29, 0.717) is 21.6 Å². The smallest absolute Gasteiger partial charge is 0.405 e. The first-order valence-corrected chi connectivity index (χ1v) is 6.74. The standard InChI is InChI=1S/C14H11ClF3NO4/c1-7-9-4-8(15)2-3-10(9)23-12(7)13(21)22-5-11(20)19-6-14(16,17)18/h2-4H,5-6H2,1H3,(H,19,20). The molecule has 0 spiro atoms. The van der Waals surface area contributed by atoms with Gasteiger partial charge in [0.2, 0.25) is 5.76 Å². The van der Waals surface area contributed by atoms with Crippen LogP contribution < -0.4 is 5.32 Å². The molecular weight excluding hydrogens is 339 g/mol. The lowest BCUT2D eigenvalue weighted by Gasteiger charge is -2.08. The second kappa shape index (κ2) is 6.49. The van der Waals surface area contributed by atoms with Crippen LogP contribution in [0.5, 0.6) is 0 Å². The number of nitrogens with one attached hydrogen (secondary N) is 1. The fraction of sp³-hybridized carbons (Fsp3) is 0.286. The summed E-state index contributed by atoms with van der Waals surface area (Å²) in [5, 5.41) is 2.64. The van der Waals surface area contributed by atoms with Crippen molar-refractivity contribution in [3.63, 3.8) is 0 Å². The highest BCUT2D eigenvalue weighted by Crippen LogP contribution is 2.28. The van der Waals surface area contributed by atoms with Crippen molar-refractivity contribution in [2.24, 2.45) is 0 Å². The van der Waals surface area contributed by atoms with Gasteiger partial charge < -0.3 is 14.5 Å². The maximum absolute atomic E-state index is 11.9.